The van der Waals surface area contributed by atoms with Gasteiger partial charge in [0.1, 0.15) is 0 Å². The maximum atomic E-state index is 11.3. The van der Waals surface area contributed by atoms with Crippen LogP contribution in [-0.4, -0.2) is 20.9 Å². The third kappa shape index (κ3) is 2.59. The average Bonchev–Trinajstić information content (AvgIpc) is 2.98. The van der Waals surface area contributed by atoms with Gasteiger partial charge >= 0.3 is 5.97 Å². The largest absolute Gasteiger partial charge is 0.481 e. The predicted octanol–water partition coefficient (Wildman–Crippen LogP) is 4.36. The smallest absolute Gasteiger partial charge is 0.306 e. The normalized spacial score (nSPS) is 26.4. The second-order valence-corrected chi connectivity index (χ2v) is 7.87. The Kier molecular flexibility index (Phi) is 4.22. The zero-order chi connectivity index (χ0) is 18.3. The number of hydrogen-bond acceptors (Lipinski definition) is 3. The number of fused-ring (bicyclic) bond motifs is 1. The van der Waals surface area contributed by atoms with Gasteiger partial charge in [0.2, 0.25) is 0 Å². The van der Waals surface area contributed by atoms with E-state index in [-0.39, 0.29) is 5.92 Å². The number of benzene rings is 1. The van der Waals surface area contributed by atoms with Crippen LogP contribution in [0.25, 0.3) is 10.9 Å². The Morgan fingerprint density at radius 3 is 2.62 bits per heavy atom. The fourth-order valence-electron chi connectivity index (χ4n) is 4.49. The first-order chi connectivity index (χ1) is 12.6. The molecule has 2 fully saturated rings. The molecule has 0 bridgehead atoms. The molecule has 4 rings (SSSR count). The second kappa shape index (κ2) is 6.42. The molecule has 2 aliphatic carbocycles. The van der Waals surface area contributed by atoms with Crippen LogP contribution in [0, 0.1) is 17.2 Å². The summed E-state index contributed by atoms with van der Waals surface area (Å²) >= 11 is 0. The van der Waals surface area contributed by atoms with Gasteiger partial charge in [0.05, 0.1) is 34.7 Å². The van der Waals surface area contributed by atoms with Crippen molar-refractivity contribution in [2.24, 2.45) is 5.92 Å². The first kappa shape index (κ1) is 17.1. The molecule has 1 aromatic carbocycles. The van der Waals surface area contributed by atoms with Crippen molar-refractivity contribution >= 4 is 16.9 Å². The van der Waals surface area contributed by atoms with Crippen LogP contribution in [0.15, 0.2) is 18.2 Å². The van der Waals surface area contributed by atoms with Gasteiger partial charge < -0.3 is 5.11 Å². The first-order valence-electron chi connectivity index (χ1n) is 9.73. The van der Waals surface area contributed by atoms with Crippen molar-refractivity contribution in [3.05, 3.63) is 29.5 Å². The molecule has 5 nitrogen and oxygen atoms in total. The minimum Gasteiger partial charge on any atom is -0.481 e. The van der Waals surface area contributed by atoms with Crippen molar-refractivity contribution in [3.8, 4) is 6.07 Å². The molecule has 0 saturated heterocycles. The lowest BCUT2D eigenvalue weighted by atomic mass is 9.67. The number of rotatable bonds is 4. The number of aromatic nitrogens is 2. The van der Waals surface area contributed by atoms with Crippen molar-refractivity contribution in [1.82, 2.24) is 9.78 Å². The Bertz CT molecular complexity index is 881. The summed E-state index contributed by atoms with van der Waals surface area (Å²) < 4.78 is 2.18. The highest BCUT2D eigenvalue weighted by atomic mass is 16.4. The lowest BCUT2D eigenvalue weighted by Gasteiger charge is -2.34. The fraction of sp³-hybridized carbons (Fsp3) is 0.571. The summed E-state index contributed by atoms with van der Waals surface area (Å²) in [6.45, 7) is 2.13. The highest BCUT2D eigenvalue weighted by molar-refractivity contribution is 5.83. The van der Waals surface area contributed by atoms with Crippen LogP contribution in [0.4, 0.5) is 0 Å². The Morgan fingerprint density at radius 2 is 2.08 bits per heavy atom. The zero-order valence-corrected chi connectivity index (χ0v) is 15.2. The summed E-state index contributed by atoms with van der Waals surface area (Å²) in [7, 11) is 0. The van der Waals surface area contributed by atoms with E-state index in [1.807, 2.05) is 0 Å². The van der Waals surface area contributed by atoms with Crippen molar-refractivity contribution < 1.29 is 9.90 Å². The molecule has 0 atom stereocenters. The molecule has 136 valence electrons. The van der Waals surface area contributed by atoms with Crippen molar-refractivity contribution in [2.75, 3.05) is 0 Å². The maximum Gasteiger partial charge on any atom is 0.306 e. The summed E-state index contributed by atoms with van der Waals surface area (Å²) in [5.41, 5.74) is 2.72. The third-order valence-electron chi connectivity index (χ3n) is 6.49. The third-order valence-corrected chi connectivity index (χ3v) is 6.49. The Hall–Kier alpha value is -2.35. The van der Waals surface area contributed by atoms with Gasteiger partial charge in [-0.25, -0.2) is 0 Å². The molecule has 2 aromatic rings. The molecule has 0 radical (unpaired) electrons. The van der Waals surface area contributed by atoms with Crippen LogP contribution < -0.4 is 0 Å². The van der Waals surface area contributed by atoms with E-state index in [1.165, 1.54) is 24.6 Å². The lowest BCUT2D eigenvalue weighted by Crippen LogP contribution is -2.33. The molecule has 0 amide bonds. The molecule has 0 spiro atoms. The molecule has 26 heavy (non-hydrogen) atoms. The van der Waals surface area contributed by atoms with Gasteiger partial charge in [0, 0.05) is 5.39 Å². The van der Waals surface area contributed by atoms with Gasteiger partial charge in [0.15, 0.2) is 0 Å². The number of carboxylic acid groups (broad SMARTS) is 1. The van der Waals surface area contributed by atoms with Crippen LogP contribution in [0.5, 0.6) is 0 Å². The van der Waals surface area contributed by atoms with Gasteiger partial charge in [-0.3, -0.25) is 9.48 Å². The number of nitrogens with zero attached hydrogens (tertiary/aromatic N) is 3. The van der Waals surface area contributed by atoms with E-state index >= 15 is 0 Å². The molecule has 2 saturated carbocycles. The molecule has 0 unspecified atom stereocenters. The number of aryl methyl sites for hydroxylation is 1. The SMILES string of the molecule is CCc1nn(C2CCC2)c2cc([C@]3(C#N)CC[C@H](C(=O)O)CC3)ccc12. The quantitative estimate of drug-likeness (QED) is 0.887. The van der Waals surface area contributed by atoms with Gasteiger partial charge in [-0.15, -0.1) is 0 Å². The van der Waals surface area contributed by atoms with Crippen LogP contribution in [0.1, 0.15) is 69.2 Å². The van der Waals surface area contributed by atoms with E-state index in [1.54, 1.807) is 0 Å². The van der Waals surface area contributed by atoms with Crippen molar-refractivity contribution in [1.29, 1.82) is 5.26 Å². The average molecular weight is 351 g/mol. The Balaban J connectivity index is 1.74. The van der Waals surface area contributed by atoms with Crippen LogP contribution in [0.3, 0.4) is 0 Å². The van der Waals surface area contributed by atoms with Gasteiger partial charge in [-0.05, 0) is 63.0 Å². The highest BCUT2D eigenvalue weighted by Gasteiger charge is 2.39. The standard InChI is InChI=1S/C21H25N3O2/c1-2-18-17-7-6-15(12-19(17)24(23-18)16-4-3-5-16)21(13-22)10-8-14(9-11-21)20(25)26/h6-7,12,14,16H,2-5,8-11H2,1H3,(H,25,26)/t14-,21+. The van der Waals surface area contributed by atoms with Crippen molar-refractivity contribution in [3.63, 3.8) is 0 Å². The Morgan fingerprint density at radius 1 is 1.35 bits per heavy atom. The second-order valence-electron chi connectivity index (χ2n) is 7.87. The summed E-state index contributed by atoms with van der Waals surface area (Å²) in [5, 5.41) is 25.3. The zero-order valence-electron chi connectivity index (χ0n) is 15.2. The number of hydrogen-bond donors (Lipinski definition) is 1. The van der Waals surface area contributed by atoms with E-state index in [9.17, 15) is 15.2 Å². The molecule has 1 N–H and O–H groups in total. The molecule has 1 aromatic heterocycles. The first-order valence-corrected chi connectivity index (χ1v) is 9.73. The number of carbonyl (C=O) groups is 1. The summed E-state index contributed by atoms with van der Waals surface area (Å²) in [4.78, 5) is 11.3. The van der Waals surface area contributed by atoms with E-state index in [0.717, 1.165) is 23.2 Å². The Labute approximate surface area is 153 Å². The monoisotopic (exact) mass is 351 g/mol. The highest BCUT2D eigenvalue weighted by Crippen LogP contribution is 2.43. The molecule has 0 aliphatic heterocycles. The van der Waals surface area contributed by atoms with Crippen LogP contribution in [0.2, 0.25) is 0 Å². The molecular formula is C21H25N3O2. The van der Waals surface area contributed by atoms with Crippen LogP contribution >= 0.6 is 0 Å². The topological polar surface area (TPSA) is 78.9 Å². The summed E-state index contributed by atoms with van der Waals surface area (Å²) in [5.74, 6) is -1.05. The minimum atomic E-state index is -0.734. The van der Waals surface area contributed by atoms with E-state index in [2.05, 4.69) is 35.9 Å². The van der Waals surface area contributed by atoms with Gasteiger partial charge in [-0.2, -0.15) is 10.4 Å². The van der Waals surface area contributed by atoms with E-state index < -0.39 is 11.4 Å². The van der Waals surface area contributed by atoms with Gasteiger partial charge in [0.25, 0.3) is 0 Å². The lowest BCUT2D eigenvalue weighted by molar-refractivity contribution is -0.143. The number of carboxylic acids is 1. The van der Waals surface area contributed by atoms with Gasteiger partial charge in [-0.1, -0.05) is 19.1 Å². The molecule has 1 heterocycles. The van der Waals surface area contributed by atoms with E-state index in [0.29, 0.717) is 31.7 Å². The molecule has 2 aliphatic rings. The maximum absolute atomic E-state index is 11.3. The minimum absolute atomic E-state index is 0.313. The number of aliphatic carboxylic acids is 1. The van der Waals surface area contributed by atoms with E-state index in [4.69, 9.17) is 5.10 Å². The molecule has 5 heteroatoms. The number of nitriles is 1. The summed E-state index contributed by atoms with van der Waals surface area (Å²) in [6.07, 6.45) is 6.88. The van der Waals surface area contributed by atoms with Crippen LogP contribution in [-0.2, 0) is 16.6 Å². The predicted molar refractivity (Wildman–Crippen MR) is 98.9 cm³/mol. The van der Waals surface area contributed by atoms with Crippen molar-refractivity contribution in [2.45, 2.75) is 69.7 Å². The molecular weight excluding hydrogens is 326 g/mol. The fourth-order valence-corrected chi connectivity index (χ4v) is 4.49. The summed E-state index contributed by atoms with van der Waals surface area (Å²) in [6, 6.07) is 9.36.